The SMILES string of the molecule is c1ccc(-c2ccncc2)c(Oc2ccc(-n3ccnc3)cc2)c1. The lowest BCUT2D eigenvalue weighted by Gasteiger charge is -2.12. The standard InChI is InChI=1S/C20H15N3O/c1-2-4-20(19(3-1)16-9-11-21-12-10-16)24-18-7-5-17(6-8-18)23-14-13-22-15-23/h1-15H. The summed E-state index contributed by atoms with van der Waals surface area (Å²) in [6, 6.07) is 19.9. The molecule has 0 unspecified atom stereocenters. The number of benzene rings is 2. The average Bonchev–Trinajstić information content (AvgIpc) is 3.18. The zero-order chi connectivity index (χ0) is 16.2. The summed E-state index contributed by atoms with van der Waals surface area (Å²) in [5.41, 5.74) is 3.16. The number of rotatable bonds is 4. The first kappa shape index (κ1) is 14.2. The molecule has 0 aliphatic carbocycles. The molecular formula is C20H15N3O. The van der Waals surface area contributed by atoms with E-state index in [1.54, 1.807) is 24.9 Å². The third-order valence-corrected chi connectivity index (χ3v) is 3.75. The molecule has 0 aliphatic heterocycles. The van der Waals surface area contributed by atoms with Crippen LogP contribution in [0, 0.1) is 0 Å². The summed E-state index contributed by atoms with van der Waals surface area (Å²) in [6.07, 6.45) is 9.01. The smallest absolute Gasteiger partial charge is 0.135 e. The molecule has 0 N–H and O–H groups in total. The second-order valence-electron chi connectivity index (χ2n) is 5.30. The first-order valence-electron chi connectivity index (χ1n) is 7.66. The van der Waals surface area contributed by atoms with Gasteiger partial charge in [0, 0.05) is 36.0 Å². The minimum atomic E-state index is 0.792. The van der Waals surface area contributed by atoms with Gasteiger partial charge >= 0.3 is 0 Å². The van der Waals surface area contributed by atoms with Gasteiger partial charge in [-0.15, -0.1) is 0 Å². The number of hydrogen-bond donors (Lipinski definition) is 0. The van der Waals surface area contributed by atoms with Crippen molar-refractivity contribution >= 4 is 0 Å². The van der Waals surface area contributed by atoms with Gasteiger partial charge in [-0.3, -0.25) is 4.98 Å². The van der Waals surface area contributed by atoms with Gasteiger partial charge in [0.2, 0.25) is 0 Å². The largest absolute Gasteiger partial charge is 0.457 e. The Balaban J connectivity index is 1.62. The highest BCUT2D eigenvalue weighted by molar-refractivity contribution is 5.70. The summed E-state index contributed by atoms with van der Waals surface area (Å²) in [5, 5.41) is 0. The van der Waals surface area contributed by atoms with Crippen LogP contribution in [0.15, 0.2) is 91.8 Å². The monoisotopic (exact) mass is 313 g/mol. The Morgan fingerprint density at radius 1 is 0.750 bits per heavy atom. The zero-order valence-electron chi connectivity index (χ0n) is 12.9. The molecule has 0 atom stereocenters. The summed E-state index contributed by atoms with van der Waals surface area (Å²) in [6.45, 7) is 0. The number of hydrogen-bond acceptors (Lipinski definition) is 3. The number of pyridine rings is 1. The van der Waals surface area contributed by atoms with Crippen LogP contribution in [0.25, 0.3) is 16.8 Å². The number of nitrogens with zero attached hydrogens (tertiary/aromatic N) is 3. The van der Waals surface area contributed by atoms with Crippen molar-refractivity contribution in [2.24, 2.45) is 0 Å². The number of ether oxygens (including phenoxy) is 1. The lowest BCUT2D eigenvalue weighted by Crippen LogP contribution is -1.91. The van der Waals surface area contributed by atoms with Gasteiger partial charge in [0.1, 0.15) is 11.5 Å². The van der Waals surface area contributed by atoms with Crippen molar-refractivity contribution in [2.45, 2.75) is 0 Å². The maximum atomic E-state index is 6.09. The second-order valence-corrected chi connectivity index (χ2v) is 5.30. The van der Waals surface area contributed by atoms with E-state index in [0.717, 1.165) is 28.3 Å². The van der Waals surface area contributed by atoms with Crippen LogP contribution in [-0.4, -0.2) is 14.5 Å². The molecule has 4 nitrogen and oxygen atoms in total. The van der Waals surface area contributed by atoms with Gasteiger partial charge in [0.15, 0.2) is 0 Å². The topological polar surface area (TPSA) is 39.9 Å². The number of imidazole rings is 1. The summed E-state index contributed by atoms with van der Waals surface area (Å²) in [5.74, 6) is 1.61. The van der Waals surface area contributed by atoms with Crippen LogP contribution in [0.3, 0.4) is 0 Å². The summed E-state index contributed by atoms with van der Waals surface area (Å²) in [4.78, 5) is 8.13. The molecule has 2 aromatic heterocycles. The molecule has 2 heterocycles. The minimum absolute atomic E-state index is 0.792. The molecular weight excluding hydrogens is 298 g/mol. The molecule has 0 spiro atoms. The van der Waals surface area contributed by atoms with Gasteiger partial charge < -0.3 is 9.30 Å². The van der Waals surface area contributed by atoms with Crippen molar-refractivity contribution in [1.29, 1.82) is 0 Å². The van der Waals surface area contributed by atoms with Crippen molar-refractivity contribution in [3.05, 3.63) is 91.8 Å². The summed E-state index contributed by atoms with van der Waals surface area (Å²) < 4.78 is 8.04. The van der Waals surface area contributed by atoms with E-state index < -0.39 is 0 Å². The average molecular weight is 313 g/mol. The molecule has 4 heteroatoms. The molecule has 0 saturated heterocycles. The van der Waals surface area contributed by atoms with Crippen LogP contribution in [0.2, 0.25) is 0 Å². The van der Waals surface area contributed by atoms with E-state index in [2.05, 4.69) is 9.97 Å². The quantitative estimate of drug-likeness (QED) is 0.547. The lowest BCUT2D eigenvalue weighted by atomic mass is 10.1. The van der Waals surface area contributed by atoms with Crippen LogP contribution < -0.4 is 4.74 Å². The molecule has 0 radical (unpaired) electrons. The third kappa shape index (κ3) is 2.90. The fraction of sp³-hybridized carbons (Fsp3) is 0. The van der Waals surface area contributed by atoms with E-state index in [-0.39, 0.29) is 0 Å². The maximum absolute atomic E-state index is 6.09. The molecule has 4 aromatic rings. The Morgan fingerprint density at radius 3 is 2.29 bits per heavy atom. The summed E-state index contributed by atoms with van der Waals surface area (Å²) in [7, 11) is 0. The number of para-hydroxylation sites is 1. The highest BCUT2D eigenvalue weighted by Crippen LogP contribution is 2.33. The lowest BCUT2D eigenvalue weighted by molar-refractivity contribution is 0.484. The molecule has 2 aromatic carbocycles. The predicted octanol–water partition coefficient (Wildman–Crippen LogP) is 4.73. The fourth-order valence-corrected chi connectivity index (χ4v) is 2.55. The van der Waals surface area contributed by atoms with Gasteiger partial charge in [0.05, 0.1) is 6.33 Å². The van der Waals surface area contributed by atoms with E-state index in [0.29, 0.717) is 0 Å². The molecule has 0 bridgehead atoms. The van der Waals surface area contributed by atoms with Gasteiger partial charge in [-0.05, 0) is 48.0 Å². The van der Waals surface area contributed by atoms with E-state index in [1.165, 1.54) is 0 Å². The van der Waals surface area contributed by atoms with E-state index in [9.17, 15) is 0 Å². The molecule has 0 aliphatic rings. The van der Waals surface area contributed by atoms with Gasteiger partial charge in [-0.2, -0.15) is 0 Å². The highest BCUT2D eigenvalue weighted by atomic mass is 16.5. The van der Waals surface area contributed by atoms with Crippen molar-refractivity contribution in [2.75, 3.05) is 0 Å². The van der Waals surface area contributed by atoms with E-state index >= 15 is 0 Å². The van der Waals surface area contributed by atoms with Crippen molar-refractivity contribution in [3.8, 4) is 28.3 Å². The minimum Gasteiger partial charge on any atom is -0.457 e. The Morgan fingerprint density at radius 2 is 1.54 bits per heavy atom. The molecule has 0 saturated carbocycles. The van der Waals surface area contributed by atoms with Crippen LogP contribution in [0.5, 0.6) is 11.5 Å². The van der Waals surface area contributed by atoms with Gasteiger partial charge in [-0.1, -0.05) is 18.2 Å². The van der Waals surface area contributed by atoms with Gasteiger partial charge in [-0.25, -0.2) is 4.98 Å². The summed E-state index contributed by atoms with van der Waals surface area (Å²) >= 11 is 0. The van der Waals surface area contributed by atoms with Crippen LogP contribution in [0.1, 0.15) is 0 Å². The Bertz CT molecular complexity index is 917. The first-order chi connectivity index (χ1) is 11.9. The van der Waals surface area contributed by atoms with Crippen LogP contribution >= 0.6 is 0 Å². The third-order valence-electron chi connectivity index (χ3n) is 3.75. The Hall–Kier alpha value is -3.40. The zero-order valence-corrected chi connectivity index (χ0v) is 12.9. The van der Waals surface area contributed by atoms with E-state index in [1.807, 2.05) is 71.4 Å². The second kappa shape index (κ2) is 6.38. The molecule has 4 rings (SSSR count). The van der Waals surface area contributed by atoms with E-state index in [4.69, 9.17) is 4.74 Å². The Kier molecular flexibility index (Phi) is 3.78. The molecule has 24 heavy (non-hydrogen) atoms. The van der Waals surface area contributed by atoms with Crippen molar-refractivity contribution in [3.63, 3.8) is 0 Å². The highest BCUT2D eigenvalue weighted by Gasteiger charge is 2.07. The van der Waals surface area contributed by atoms with Crippen molar-refractivity contribution in [1.82, 2.24) is 14.5 Å². The number of aromatic nitrogens is 3. The first-order valence-corrected chi connectivity index (χ1v) is 7.66. The molecule has 116 valence electrons. The Labute approximate surface area is 140 Å². The van der Waals surface area contributed by atoms with Crippen LogP contribution in [-0.2, 0) is 0 Å². The van der Waals surface area contributed by atoms with Crippen molar-refractivity contribution < 1.29 is 4.74 Å². The molecule has 0 amide bonds. The maximum Gasteiger partial charge on any atom is 0.135 e. The molecule has 0 fully saturated rings. The fourth-order valence-electron chi connectivity index (χ4n) is 2.55. The van der Waals surface area contributed by atoms with Crippen LogP contribution in [0.4, 0.5) is 0 Å². The predicted molar refractivity (Wildman–Crippen MR) is 93.3 cm³/mol. The van der Waals surface area contributed by atoms with Gasteiger partial charge in [0.25, 0.3) is 0 Å². The normalized spacial score (nSPS) is 10.5.